The second kappa shape index (κ2) is 2.77. The third-order valence-corrected chi connectivity index (χ3v) is 4.87. The van der Waals surface area contributed by atoms with Gasteiger partial charge < -0.3 is 10.0 Å². The van der Waals surface area contributed by atoms with Crippen LogP contribution in [-0.2, 0) is 4.79 Å². The van der Waals surface area contributed by atoms with E-state index in [0.29, 0.717) is 0 Å². The molecule has 64 valence electrons. The van der Waals surface area contributed by atoms with Crippen molar-refractivity contribution in [1.82, 2.24) is 4.90 Å². The van der Waals surface area contributed by atoms with Crippen molar-refractivity contribution in [1.29, 1.82) is 0 Å². The fourth-order valence-corrected chi connectivity index (χ4v) is 2.34. The molecule has 0 bridgehead atoms. The van der Waals surface area contributed by atoms with Gasteiger partial charge in [0.1, 0.15) is 0 Å². The SMILES string of the molecule is CN1C(=O)C(C)(O)C(S)C1I. The van der Waals surface area contributed by atoms with Gasteiger partial charge in [-0.2, -0.15) is 12.6 Å². The normalized spacial score (nSPS) is 45.2. The second-order valence-electron chi connectivity index (χ2n) is 2.88. The molecule has 1 aliphatic heterocycles. The average molecular weight is 287 g/mol. The molecule has 0 radical (unpaired) electrons. The lowest BCUT2D eigenvalue weighted by Gasteiger charge is -2.17. The van der Waals surface area contributed by atoms with E-state index in [1.807, 2.05) is 0 Å². The minimum absolute atomic E-state index is 0.0292. The van der Waals surface area contributed by atoms with Gasteiger partial charge in [-0.1, -0.05) is 22.6 Å². The van der Waals surface area contributed by atoms with E-state index >= 15 is 0 Å². The van der Waals surface area contributed by atoms with Crippen LogP contribution in [0.3, 0.4) is 0 Å². The van der Waals surface area contributed by atoms with Crippen molar-refractivity contribution in [3.8, 4) is 0 Å². The maximum Gasteiger partial charge on any atom is 0.256 e. The minimum Gasteiger partial charge on any atom is -0.379 e. The lowest BCUT2D eigenvalue weighted by atomic mass is 10.1. The van der Waals surface area contributed by atoms with E-state index in [4.69, 9.17) is 0 Å². The molecule has 1 amide bonds. The predicted molar refractivity (Wildman–Crippen MR) is 54.0 cm³/mol. The Morgan fingerprint density at radius 2 is 2.27 bits per heavy atom. The molecule has 3 atom stereocenters. The highest BCUT2D eigenvalue weighted by atomic mass is 127. The highest BCUT2D eigenvalue weighted by Crippen LogP contribution is 2.34. The minimum atomic E-state index is -1.30. The number of halogens is 1. The van der Waals surface area contributed by atoms with Crippen molar-refractivity contribution in [3.63, 3.8) is 0 Å². The molecule has 0 aromatic heterocycles. The molecule has 1 aliphatic rings. The first-order chi connectivity index (χ1) is 4.89. The Kier molecular flexibility index (Phi) is 2.42. The first kappa shape index (κ1) is 9.60. The molecule has 0 aromatic carbocycles. The third-order valence-electron chi connectivity index (χ3n) is 1.96. The summed E-state index contributed by atoms with van der Waals surface area (Å²) in [5.41, 5.74) is -1.30. The van der Waals surface area contributed by atoms with Gasteiger partial charge >= 0.3 is 0 Å². The number of nitrogens with zero attached hydrogens (tertiary/aromatic N) is 1. The molecule has 1 fully saturated rings. The molecule has 11 heavy (non-hydrogen) atoms. The molecule has 1 heterocycles. The number of rotatable bonds is 0. The van der Waals surface area contributed by atoms with Crippen molar-refractivity contribution >= 4 is 41.1 Å². The van der Waals surface area contributed by atoms with E-state index in [0.717, 1.165) is 0 Å². The summed E-state index contributed by atoms with van der Waals surface area (Å²) in [6.45, 7) is 1.50. The number of thiol groups is 1. The van der Waals surface area contributed by atoms with E-state index in [-0.39, 0.29) is 15.2 Å². The summed E-state index contributed by atoms with van der Waals surface area (Å²) in [6.07, 6.45) is 0. The van der Waals surface area contributed by atoms with Gasteiger partial charge in [-0.15, -0.1) is 0 Å². The number of likely N-dealkylation sites (N-methyl/N-ethyl adjacent to an activating group) is 1. The number of likely N-dealkylation sites (tertiary alicyclic amines) is 1. The topological polar surface area (TPSA) is 40.5 Å². The Morgan fingerprint density at radius 1 is 1.82 bits per heavy atom. The van der Waals surface area contributed by atoms with E-state index in [1.165, 1.54) is 11.8 Å². The molecule has 0 aliphatic carbocycles. The van der Waals surface area contributed by atoms with E-state index in [2.05, 4.69) is 35.2 Å². The van der Waals surface area contributed by atoms with Crippen LogP contribution < -0.4 is 0 Å². The molecule has 1 N–H and O–H groups in total. The van der Waals surface area contributed by atoms with Gasteiger partial charge in [-0.05, 0) is 6.92 Å². The molecule has 5 heteroatoms. The Hall–Kier alpha value is 0.510. The Morgan fingerprint density at radius 3 is 2.36 bits per heavy atom. The van der Waals surface area contributed by atoms with Crippen LogP contribution in [-0.4, -0.2) is 37.9 Å². The van der Waals surface area contributed by atoms with Gasteiger partial charge in [0.2, 0.25) is 0 Å². The number of hydrogen-bond acceptors (Lipinski definition) is 3. The number of carbonyl (C=O) groups is 1. The number of carbonyl (C=O) groups excluding carboxylic acids is 1. The lowest BCUT2D eigenvalue weighted by molar-refractivity contribution is -0.140. The lowest BCUT2D eigenvalue weighted by Crippen LogP contribution is -2.40. The highest BCUT2D eigenvalue weighted by molar-refractivity contribution is 14.1. The predicted octanol–water partition coefficient (Wildman–Crippen LogP) is 0.269. The number of hydrogen-bond donors (Lipinski definition) is 2. The number of alkyl halides is 1. The highest BCUT2D eigenvalue weighted by Gasteiger charge is 2.51. The van der Waals surface area contributed by atoms with Crippen molar-refractivity contribution in [2.75, 3.05) is 7.05 Å². The molecular weight excluding hydrogens is 277 g/mol. The quantitative estimate of drug-likeness (QED) is 0.290. The van der Waals surface area contributed by atoms with Crippen LogP contribution in [0.15, 0.2) is 0 Å². The summed E-state index contributed by atoms with van der Waals surface area (Å²) >= 11 is 6.26. The van der Waals surface area contributed by atoms with E-state index < -0.39 is 5.60 Å². The molecule has 3 nitrogen and oxygen atoms in total. The van der Waals surface area contributed by atoms with Gasteiger partial charge in [0.05, 0.1) is 9.30 Å². The molecule has 0 spiro atoms. The molecule has 0 saturated carbocycles. The smallest absolute Gasteiger partial charge is 0.256 e. The molecule has 3 unspecified atom stereocenters. The molecule has 1 saturated heterocycles. The zero-order chi connectivity index (χ0) is 8.81. The van der Waals surface area contributed by atoms with Crippen molar-refractivity contribution < 1.29 is 9.90 Å². The fourth-order valence-electron chi connectivity index (χ4n) is 1.08. The van der Waals surface area contributed by atoms with Crippen LogP contribution in [0.2, 0.25) is 0 Å². The van der Waals surface area contributed by atoms with Gasteiger partial charge in [0, 0.05) is 7.05 Å². The van der Waals surface area contributed by atoms with Crippen LogP contribution in [0, 0.1) is 0 Å². The van der Waals surface area contributed by atoms with Crippen LogP contribution >= 0.6 is 35.2 Å². The monoisotopic (exact) mass is 287 g/mol. The summed E-state index contributed by atoms with van der Waals surface area (Å²) in [4.78, 5) is 12.8. The molecule has 1 rings (SSSR count). The maximum absolute atomic E-state index is 11.3. The molecule has 0 aromatic rings. The summed E-state index contributed by atoms with van der Waals surface area (Å²) in [5.74, 6) is -0.253. The standard InChI is InChI=1S/C6H10INO2S/c1-6(10)3(11)4(7)8(2)5(6)9/h3-4,10-11H,1-2H3. The summed E-state index contributed by atoms with van der Waals surface area (Å²) in [5, 5.41) is 9.29. The Labute approximate surface area is 84.7 Å². The van der Waals surface area contributed by atoms with Crippen LogP contribution in [0.1, 0.15) is 6.92 Å². The van der Waals surface area contributed by atoms with Gasteiger partial charge in [0.15, 0.2) is 5.60 Å². The Bertz CT molecular complexity index is 197. The average Bonchev–Trinajstić information content (AvgIpc) is 2.06. The third kappa shape index (κ3) is 1.27. The van der Waals surface area contributed by atoms with Gasteiger partial charge in [0.25, 0.3) is 5.91 Å². The zero-order valence-electron chi connectivity index (χ0n) is 6.28. The van der Waals surface area contributed by atoms with Crippen LogP contribution in [0.5, 0.6) is 0 Å². The largest absolute Gasteiger partial charge is 0.379 e. The summed E-state index contributed by atoms with van der Waals surface area (Å²) < 4.78 is -0.0292. The maximum atomic E-state index is 11.3. The van der Waals surface area contributed by atoms with E-state index in [9.17, 15) is 9.90 Å². The van der Waals surface area contributed by atoms with Crippen molar-refractivity contribution in [3.05, 3.63) is 0 Å². The van der Waals surface area contributed by atoms with Gasteiger partial charge in [-0.3, -0.25) is 4.79 Å². The number of aliphatic hydroxyl groups is 1. The summed E-state index contributed by atoms with van der Waals surface area (Å²) in [7, 11) is 1.67. The first-order valence-corrected chi connectivity index (χ1v) is 4.97. The van der Waals surface area contributed by atoms with Crippen molar-refractivity contribution in [2.45, 2.75) is 21.8 Å². The van der Waals surface area contributed by atoms with Crippen LogP contribution in [0.4, 0.5) is 0 Å². The fraction of sp³-hybridized carbons (Fsp3) is 0.833. The zero-order valence-corrected chi connectivity index (χ0v) is 9.33. The first-order valence-electron chi connectivity index (χ1n) is 3.21. The van der Waals surface area contributed by atoms with E-state index in [1.54, 1.807) is 7.05 Å². The van der Waals surface area contributed by atoms with Gasteiger partial charge in [-0.25, -0.2) is 0 Å². The van der Waals surface area contributed by atoms with Crippen LogP contribution in [0.25, 0.3) is 0 Å². The second-order valence-corrected chi connectivity index (χ2v) is 4.71. The summed E-state index contributed by atoms with van der Waals surface area (Å²) in [6, 6.07) is 0. The molecular formula is C6H10INO2S. The number of amides is 1. The van der Waals surface area contributed by atoms with Crippen molar-refractivity contribution in [2.24, 2.45) is 0 Å². The Balaban J connectivity index is 2.96.